The molecule has 7 heteroatoms. The highest BCUT2D eigenvalue weighted by Gasteiger charge is 2.48. The van der Waals surface area contributed by atoms with E-state index in [1.807, 2.05) is 0 Å². The smallest absolute Gasteiger partial charge is 0.249 e. The predicted octanol–water partition coefficient (Wildman–Crippen LogP) is -1.77. The Bertz CT molecular complexity index is 248. The van der Waals surface area contributed by atoms with Crippen LogP contribution in [0.4, 0.5) is 0 Å². The van der Waals surface area contributed by atoms with Crippen molar-refractivity contribution in [2.45, 2.75) is 30.7 Å². The van der Waals surface area contributed by atoms with Crippen molar-refractivity contribution in [3.05, 3.63) is 0 Å². The number of carbonyl (C=O) groups is 1. The third-order valence-corrected chi connectivity index (χ3v) is 2.58. The van der Waals surface area contributed by atoms with Gasteiger partial charge in [0.2, 0.25) is 5.91 Å². The van der Waals surface area contributed by atoms with Crippen molar-refractivity contribution in [2.24, 2.45) is 5.73 Å². The summed E-state index contributed by atoms with van der Waals surface area (Å²) < 4.78 is 20.4. The Hall–Kier alpha value is -0.730. The van der Waals surface area contributed by atoms with Crippen LogP contribution in [0.5, 0.6) is 0 Å². The van der Waals surface area contributed by atoms with Crippen LogP contribution in [0.3, 0.4) is 0 Å². The number of methoxy groups -OCH3 is 3. The van der Waals surface area contributed by atoms with Crippen LogP contribution in [0.2, 0.25) is 0 Å². The Morgan fingerprint density at radius 2 is 1.75 bits per heavy atom. The van der Waals surface area contributed by atoms with Gasteiger partial charge in [-0.25, -0.2) is 0 Å². The average Bonchev–Trinajstić information content (AvgIpc) is 2.27. The maximum absolute atomic E-state index is 11.1. The lowest BCUT2D eigenvalue weighted by Crippen LogP contribution is -2.62. The van der Waals surface area contributed by atoms with Crippen LogP contribution in [0.25, 0.3) is 0 Å². The van der Waals surface area contributed by atoms with Gasteiger partial charge in [0.25, 0.3) is 0 Å². The molecule has 0 aliphatic carbocycles. The number of hydrogen-bond acceptors (Lipinski definition) is 6. The number of primary amides is 1. The Kier molecular flexibility index (Phi) is 4.63. The minimum Gasteiger partial charge on any atom is -0.387 e. The first kappa shape index (κ1) is 13.3. The standard InChI is InChI=1S/C9H17NO6/c1-13-5-4(11)6(8(10)12)16-9(15-3)7(5)14-2/h4-7,9,11H,1-3H3,(H2,10,12)/t4-,5-,6-,7+,9-/m0/s1. The maximum atomic E-state index is 11.1. The molecule has 0 radical (unpaired) electrons. The number of nitrogens with two attached hydrogens (primary N) is 1. The molecule has 5 atom stereocenters. The zero-order valence-electron chi connectivity index (χ0n) is 9.45. The summed E-state index contributed by atoms with van der Waals surface area (Å²) >= 11 is 0. The maximum Gasteiger partial charge on any atom is 0.249 e. The third-order valence-electron chi connectivity index (χ3n) is 2.58. The summed E-state index contributed by atoms with van der Waals surface area (Å²) in [4.78, 5) is 11.1. The largest absolute Gasteiger partial charge is 0.387 e. The first-order valence-corrected chi connectivity index (χ1v) is 4.78. The molecule has 1 aliphatic heterocycles. The number of hydrogen-bond donors (Lipinski definition) is 2. The molecular formula is C9H17NO6. The third kappa shape index (κ3) is 2.33. The van der Waals surface area contributed by atoms with Gasteiger partial charge in [-0.15, -0.1) is 0 Å². The molecule has 1 heterocycles. The van der Waals surface area contributed by atoms with Crippen molar-refractivity contribution in [1.29, 1.82) is 0 Å². The van der Waals surface area contributed by atoms with Crippen LogP contribution in [0.1, 0.15) is 0 Å². The lowest BCUT2D eigenvalue weighted by molar-refractivity contribution is -0.292. The minimum absolute atomic E-state index is 0.624. The van der Waals surface area contributed by atoms with Crippen LogP contribution < -0.4 is 5.73 Å². The monoisotopic (exact) mass is 235 g/mol. The van der Waals surface area contributed by atoms with Crippen molar-refractivity contribution in [3.63, 3.8) is 0 Å². The molecule has 3 N–H and O–H groups in total. The molecule has 0 aromatic heterocycles. The van der Waals surface area contributed by atoms with Gasteiger partial charge in [-0.3, -0.25) is 4.79 Å². The number of ether oxygens (including phenoxy) is 4. The van der Waals surface area contributed by atoms with Crippen LogP contribution in [-0.2, 0) is 23.7 Å². The molecule has 0 aromatic carbocycles. The van der Waals surface area contributed by atoms with Gasteiger partial charge in [0.15, 0.2) is 12.4 Å². The van der Waals surface area contributed by atoms with Gasteiger partial charge >= 0.3 is 0 Å². The van der Waals surface area contributed by atoms with Crippen molar-refractivity contribution >= 4 is 5.91 Å². The summed E-state index contributed by atoms with van der Waals surface area (Å²) in [6.45, 7) is 0. The van der Waals surface area contributed by atoms with E-state index in [0.29, 0.717) is 0 Å². The molecule has 0 bridgehead atoms. The molecule has 1 rings (SSSR count). The van der Waals surface area contributed by atoms with Crippen molar-refractivity contribution in [1.82, 2.24) is 0 Å². The highest BCUT2D eigenvalue weighted by atomic mass is 16.7. The van der Waals surface area contributed by atoms with E-state index in [1.165, 1.54) is 21.3 Å². The van der Waals surface area contributed by atoms with E-state index in [2.05, 4.69) is 0 Å². The molecule has 94 valence electrons. The van der Waals surface area contributed by atoms with E-state index in [0.717, 1.165) is 0 Å². The molecule has 1 fully saturated rings. The summed E-state index contributed by atoms with van der Waals surface area (Å²) in [5, 5.41) is 9.83. The second-order valence-corrected chi connectivity index (χ2v) is 3.45. The Labute approximate surface area is 93.4 Å². The highest BCUT2D eigenvalue weighted by Crippen LogP contribution is 2.25. The molecule has 1 saturated heterocycles. The van der Waals surface area contributed by atoms with E-state index >= 15 is 0 Å². The number of rotatable bonds is 4. The Morgan fingerprint density at radius 1 is 1.19 bits per heavy atom. The summed E-state index contributed by atoms with van der Waals surface area (Å²) in [6, 6.07) is 0. The number of aliphatic hydroxyl groups excluding tert-OH is 1. The molecule has 0 unspecified atom stereocenters. The fraction of sp³-hybridized carbons (Fsp3) is 0.889. The number of aliphatic hydroxyl groups is 1. The van der Waals surface area contributed by atoms with E-state index in [1.54, 1.807) is 0 Å². The molecule has 0 spiro atoms. The lowest BCUT2D eigenvalue weighted by Gasteiger charge is -2.41. The first-order valence-electron chi connectivity index (χ1n) is 4.78. The normalized spacial score (nSPS) is 39.6. The van der Waals surface area contributed by atoms with E-state index < -0.39 is 36.6 Å². The summed E-state index contributed by atoms with van der Waals surface area (Å²) in [5.74, 6) is -0.772. The first-order chi connectivity index (χ1) is 7.56. The molecule has 0 saturated carbocycles. The van der Waals surface area contributed by atoms with Crippen LogP contribution in [0.15, 0.2) is 0 Å². The van der Waals surface area contributed by atoms with Gasteiger partial charge in [0, 0.05) is 21.3 Å². The zero-order chi connectivity index (χ0) is 12.3. The van der Waals surface area contributed by atoms with Crippen LogP contribution in [0, 0.1) is 0 Å². The molecule has 1 amide bonds. The van der Waals surface area contributed by atoms with Crippen LogP contribution >= 0.6 is 0 Å². The molecule has 7 nitrogen and oxygen atoms in total. The SMILES string of the molecule is CO[C@H]1O[C@H](C(N)=O)[C@@H](O)[C@H](OC)[C@H]1OC. The van der Waals surface area contributed by atoms with Crippen molar-refractivity contribution < 1.29 is 28.8 Å². The molecule has 16 heavy (non-hydrogen) atoms. The molecule has 0 aromatic rings. The van der Waals surface area contributed by atoms with Crippen LogP contribution in [-0.4, -0.2) is 63.0 Å². The van der Waals surface area contributed by atoms with E-state index in [9.17, 15) is 9.90 Å². The molecule has 1 aliphatic rings. The average molecular weight is 235 g/mol. The second kappa shape index (κ2) is 5.55. The highest BCUT2D eigenvalue weighted by molar-refractivity contribution is 5.79. The molecular weight excluding hydrogens is 218 g/mol. The number of amides is 1. The Morgan fingerprint density at radius 3 is 2.12 bits per heavy atom. The summed E-state index contributed by atoms with van der Waals surface area (Å²) in [6.07, 6.45) is -4.52. The van der Waals surface area contributed by atoms with Gasteiger partial charge in [-0.1, -0.05) is 0 Å². The summed E-state index contributed by atoms with van der Waals surface area (Å²) in [5.41, 5.74) is 5.10. The fourth-order valence-electron chi connectivity index (χ4n) is 1.77. The van der Waals surface area contributed by atoms with Gasteiger partial charge in [0.1, 0.15) is 18.3 Å². The summed E-state index contributed by atoms with van der Waals surface area (Å²) in [7, 11) is 4.23. The Balaban J connectivity index is 2.89. The zero-order valence-corrected chi connectivity index (χ0v) is 9.45. The van der Waals surface area contributed by atoms with Gasteiger partial charge in [0.05, 0.1) is 0 Å². The minimum atomic E-state index is -1.18. The number of carbonyl (C=O) groups excluding carboxylic acids is 1. The predicted molar refractivity (Wildman–Crippen MR) is 52.5 cm³/mol. The second-order valence-electron chi connectivity index (χ2n) is 3.45. The van der Waals surface area contributed by atoms with Gasteiger partial charge in [-0.2, -0.15) is 0 Å². The quantitative estimate of drug-likeness (QED) is 0.598. The fourth-order valence-corrected chi connectivity index (χ4v) is 1.77. The van der Waals surface area contributed by atoms with Crippen molar-refractivity contribution in [2.75, 3.05) is 21.3 Å². The van der Waals surface area contributed by atoms with E-state index in [4.69, 9.17) is 24.7 Å². The topological polar surface area (TPSA) is 100 Å². The lowest BCUT2D eigenvalue weighted by atomic mass is 9.98. The van der Waals surface area contributed by atoms with Gasteiger partial charge in [-0.05, 0) is 0 Å². The van der Waals surface area contributed by atoms with Crippen molar-refractivity contribution in [3.8, 4) is 0 Å². The van der Waals surface area contributed by atoms with Gasteiger partial charge < -0.3 is 29.8 Å². The van der Waals surface area contributed by atoms with E-state index in [-0.39, 0.29) is 0 Å².